The molecule has 2 aromatic carbocycles. The van der Waals surface area contributed by atoms with E-state index in [9.17, 15) is 8.42 Å². The molecule has 6 nitrogen and oxygen atoms in total. The third-order valence-electron chi connectivity index (χ3n) is 5.66. The van der Waals surface area contributed by atoms with E-state index >= 15 is 0 Å². The second kappa shape index (κ2) is 11.0. The van der Waals surface area contributed by atoms with Crippen LogP contribution in [-0.4, -0.2) is 59.7 Å². The summed E-state index contributed by atoms with van der Waals surface area (Å²) >= 11 is 0. The van der Waals surface area contributed by atoms with E-state index in [0.717, 1.165) is 56.8 Å². The summed E-state index contributed by atoms with van der Waals surface area (Å²) in [7, 11) is -1.36. The lowest BCUT2D eigenvalue weighted by molar-refractivity contribution is 0.313. The molecule has 1 heterocycles. The summed E-state index contributed by atoms with van der Waals surface area (Å²) in [6.07, 6.45) is 2.51. The van der Waals surface area contributed by atoms with Crippen LogP contribution >= 0.6 is 0 Å². The van der Waals surface area contributed by atoms with Crippen molar-refractivity contribution in [2.75, 3.05) is 51.3 Å². The molecule has 0 unspecified atom stereocenters. The van der Waals surface area contributed by atoms with Crippen molar-refractivity contribution < 1.29 is 13.2 Å². The molecule has 0 aromatic heterocycles. The summed E-state index contributed by atoms with van der Waals surface area (Å²) in [4.78, 5) is 5.05. The summed E-state index contributed by atoms with van der Waals surface area (Å²) < 4.78 is 33.6. The minimum absolute atomic E-state index is 0.283. The van der Waals surface area contributed by atoms with Gasteiger partial charge in [-0.1, -0.05) is 19.1 Å². The highest BCUT2D eigenvalue weighted by Crippen LogP contribution is 2.22. The smallest absolute Gasteiger partial charge is 0.240 e. The fourth-order valence-electron chi connectivity index (χ4n) is 3.68. The minimum atomic E-state index is -3.52. The topological polar surface area (TPSA) is 61.9 Å². The zero-order valence-corrected chi connectivity index (χ0v) is 19.7. The second-order valence-corrected chi connectivity index (χ2v) is 10.0. The average molecular weight is 446 g/mol. The van der Waals surface area contributed by atoms with E-state index in [1.54, 1.807) is 18.2 Å². The van der Waals surface area contributed by atoms with Crippen molar-refractivity contribution in [3.63, 3.8) is 0 Å². The lowest BCUT2D eigenvalue weighted by atomic mass is 10.1. The molecule has 0 amide bonds. The molecule has 7 heteroatoms. The highest BCUT2D eigenvalue weighted by atomic mass is 32.2. The number of nitrogens with one attached hydrogen (secondary N) is 1. The van der Waals surface area contributed by atoms with E-state index in [1.807, 2.05) is 13.8 Å². The maximum Gasteiger partial charge on any atom is 0.240 e. The maximum absolute atomic E-state index is 12.6. The number of anilines is 1. The quantitative estimate of drug-likeness (QED) is 0.568. The molecule has 1 aliphatic rings. The van der Waals surface area contributed by atoms with Crippen LogP contribution in [0.1, 0.15) is 30.9 Å². The van der Waals surface area contributed by atoms with Gasteiger partial charge in [0.15, 0.2) is 0 Å². The van der Waals surface area contributed by atoms with E-state index in [-0.39, 0.29) is 4.90 Å². The van der Waals surface area contributed by atoms with Crippen LogP contribution in [0.15, 0.2) is 47.4 Å². The Bertz CT molecular complexity index is 937. The number of likely N-dealkylation sites (N-methyl/N-ethyl adjacent to an activating group) is 1. The van der Waals surface area contributed by atoms with Crippen molar-refractivity contribution >= 4 is 15.7 Å². The number of hydrogen-bond donors (Lipinski definition) is 1. The molecular weight excluding hydrogens is 410 g/mol. The van der Waals surface area contributed by atoms with Gasteiger partial charge in [-0.2, -0.15) is 0 Å². The molecule has 0 bridgehead atoms. The van der Waals surface area contributed by atoms with Crippen LogP contribution in [0, 0.1) is 6.92 Å². The van der Waals surface area contributed by atoms with Crippen LogP contribution in [-0.2, 0) is 16.4 Å². The molecule has 0 aliphatic carbocycles. The summed E-state index contributed by atoms with van der Waals surface area (Å²) in [6, 6.07) is 13.7. The number of benzene rings is 2. The van der Waals surface area contributed by atoms with Crippen LogP contribution in [0.25, 0.3) is 0 Å². The Balaban J connectivity index is 1.47. The fraction of sp³-hybridized carbons (Fsp3) is 0.500. The standard InChI is InChI=1S/C24H35N3O3S/c1-4-18-30-24-12-11-23(19-20(24)2)31(28,29)25-13-5-6-21-7-9-22(10-8-21)27-16-14-26(3)15-17-27/h7-12,19,25H,4-6,13-18H2,1-3H3. The highest BCUT2D eigenvalue weighted by Gasteiger charge is 2.16. The molecule has 1 N–H and O–H groups in total. The number of hydrogen-bond acceptors (Lipinski definition) is 5. The van der Waals surface area contributed by atoms with Gasteiger partial charge >= 0.3 is 0 Å². The van der Waals surface area contributed by atoms with Gasteiger partial charge < -0.3 is 14.5 Å². The molecule has 3 rings (SSSR count). The lowest BCUT2D eigenvalue weighted by Gasteiger charge is -2.34. The second-order valence-electron chi connectivity index (χ2n) is 8.23. The molecule has 2 aromatic rings. The van der Waals surface area contributed by atoms with Crippen molar-refractivity contribution in [2.24, 2.45) is 0 Å². The Labute approximate surface area is 187 Å². The predicted octanol–water partition coefficient (Wildman–Crippen LogP) is 3.45. The van der Waals surface area contributed by atoms with Gasteiger partial charge in [0.05, 0.1) is 11.5 Å². The van der Waals surface area contributed by atoms with Gasteiger partial charge in [0.25, 0.3) is 0 Å². The molecule has 1 saturated heterocycles. The molecule has 1 aliphatic heterocycles. The Hall–Kier alpha value is -2.09. The van der Waals surface area contributed by atoms with Crippen molar-refractivity contribution in [1.82, 2.24) is 9.62 Å². The summed E-state index contributed by atoms with van der Waals surface area (Å²) in [5.74, 6) is 0.737. The third kappa shape index (κ3) is 6.69. The summed E-state index contributed by atoms with van der Waals surface area (Å²) in [5, 5.41) is 0. The van der Waals surface area contributed by atoms with Gasteiger partial charge in [0.2, 0.25) is 10.0 Å². The minimum Gasteiger partial charge on any atom is -0.493 e. The lowest BCUT2D eigenvalue weighted by Crippen LogP contribution is -2.44. The van der Waals surface area contributed by atoms with E-state index in [4.69, 9.17) is 4.74 Å². The van der Waals surface area contributed by atoms with E-state index in [0.29, 0.717) is 13.2 Å². The zero-order chi connectivity index (χ0) is 22.3. The number of ether oxygens (including phenoxy) is 1. The number of aryl methyl sites for hydroxylation is 2. The normalized spacial score (nSPS) is 15.3. The Kier molecular flexibility index (Phi) is 8.35. The van der Waals surface area contributed by atoms with Crippen molar-refractivity contribution in [3.05, 3.63) is 53.6 Å². The number of rotatable bonds is 10. The summed E-state index contributed by atoms with van der Waals surface area (Å²) in [5.41, 5.74) is 3.32. The largest absolute Gasteiger partial charge is 0.493 e. The Morgan fingerprint density at radius 3 is 2.39 bits per heavy atom. The maximum atomic E-state index is 12.6. The van der Waals surface area contributed by atoms with Crippen LogP contribution in [0.3, 0.4) is 0 Å². The van der Waals surface area contributed by atoms with Crippen molar-refractivity contribution in [1.29, 1.82) is 0 Å². The third-order valence-corrected chi connectivity index (χ3v) is 7.12. The van der Waals surface area contributed by atoms with Gasteiger partial charge in [-0.25, -0.2) is 13.1 Å². The zero-order valence-electron chi connectivity index (χ0n) is 18.9. The van der Waals surface area contributed by atoms with E-state index in [1.165, 1.54) is 11.3 Å². The Morgan fingerprint density at radius 2 is 1.74 bits per heavy atom. The van der Waals surface area contributed by atoms with Crippen molar-refractivity contribution in [3.8, 4) is 5.75 Å². The van der Waals surface area contributed by atoms with Crippen LogP contribution in [0.4, 0.5) is 5.69 Å². The number of piperazine rings is 1. The monoisotopic (exact) mass is 445 g/mol. The molecular formula is C24H35N3O3S. The fourth-order valence-corrected chi connectivity index (χ4v) is 4.84. The molecule has 31 heavy (non-hydrogen) atoms. The molecule has 0 saturated carbocycles. The van der Waals surface area contributed by atoms with Gasteiger partial charge in [-0.3, -0.25) is 0 Å². The van der Waals surface area contributed by atoms with E-state index < -0.39 is 10.0 Å². The number of nitrogens with zero attached hydrogens (tertiary/aromatic N) is 2. The first-order valence-corrected chi connectivity index (χ1v) is 12.6. The van der Waals surface area contributed by atoms with Crippen LogP contribution < -0.4 is 14.4 Å². The Morgan fingerprint density at radius 1 is 1.03 bits per heavy atom. The molecule has 1 fully saturated rings. The summed E-state index contributed by atoms with van der Waals surface area (Å²) in [6.45, 7) is 9.25. The van der Waals surface area contributed by atoms with Gasteiger partial charge in [0, 0.05) is 38.4 Å². The van der Waals surface area contributed by atoms with E-state index in [2.05, 4.69) is 45.8 Å². The van der Waals surface area contributed by atoms with Crippen molar-refractivity contribution in [2.45, 2.75) is 38.0 Å². The van der Waals surface area contributed by atoms with Gasteiger partial charge in [-0.15, -0.1) is 0 Å². The first kappa shape index (κ1) is 23.6. The van der Waals surface area contributed by atoms with Gasteiger partial charge in [-0.05, 0) is 74.7 Å². The van der Waals surface area contributed by atoms with Gasteiger partial charge in [0.1, 0.15) is 5.75 Å². The number of sulfonamides is 1. The first-order chi connectivity index (χ1) is 14.9. The van der Waals surface area contributed by atoms with Crippen LogP contribution in [0.2, 0.25) is 0 Å². The predicted molar refractivity (Wildman–Crippen MR) is 127 cm³/mol. The van der Waals surface area contributed by atoms with Crippen LogP contribution in [0.5, 0.6) is 5.75 Å². The highest BCUT2D eigenvalue weighted by molar-refractivity contribution is 7.89. The molecule has 0 atom stereocenters. The molecule has 0 radical (unpaired) electrons. The molecule has 0 spiro atoms. The average Bonchev–Trinajstić information content (AvgIpc) is 2.77. The first-order valence-electron chi connectivity index (χ1n) is 11.1. The molecule has 170 valence electrons. The SMILES string of the molecule is CCCOc1ccc(S(=O)(=O)NCCCc2ccc(N3CCN(C)CC3)cc2)cc1C.